The number of aryl methyl sites for hydroxylation is 3. The lowest BCUT2D eigenvalue weighted by Gasteiger charge is -2.18. The standard InChI is InChI=1S/C16H18N2O2.ClH/c1-10-8-14(11(2)20-10)16(19)18-13-5-6-15-12(9-13)4-3-7-17-15;/h5-6,8-9,17H,3-4,7H2,1-2H3,(H,18,19);1H. The molecule has 1 amide bonds. The fourth-order valence-corrected chi connectivity index (χ4v) is 2.61. The molecule has 0 fully saturated rings. The number of benzene rings is 1. The maximum Gasteiger partial charge on any atom is 0.259 e. The molecule has 2 aromatic rings. The van der Waals surface area contributed by atoms with Gasteiger partial charge in [0.25, 0.3) is 5.91 Å². The fourth-order valence-electron chi connectivity index (χ4n) is 2.61. The van der Waals surface area contributed by atoms with Gasteiger partial charge >= 0.3 is 0 Å². The second-order valence-corrected chi connectivity index (χ2v) is 5.18. The molecule has 5 heteroatoms. The van der Waals surface area contributed by atoms with Gasteiger partial charge in [0.1, 0.15) is 11.5 Å². The third-order valence-corrected chi connectivity index (χ3v) is 3.59. The first-order valence-corrected chi connectivity index (χ1v) is 6.88. The van der Waals surface area contributed by atoms with E-state index in [0.29, 0.717) is 11.3 Å². The summed E-state index contributed by atoms with van der Waals surface area (Å²) in [6, 6.07) is 7.77. The highest BCUT2D eigenvalue weighted by Crippen LogP contribution is 2.25. The van der Waals surface area contributed by atoms with Gasteiger partial charge in [0.05, 0.1) is 5.56 Å². The van der Waals surface area contributed by atoms with Crippen molar-refractivity contribution in [2.45, 2.75) is 26.7 Å². The van der Waals surface area contributed by atoms with Crippen LogP contribution in [-0.4, -0.2) is 12.5 Å². The van der Waals surface area contributed by atoms with Crippen LogP contribution in [0.15, 0.2) is 28.7 Å². The Bertz CT molecular complexity index is 664. The highest BCUT2D eigenvalue weighted by Gasteiger charge is 2.15. The van der Waals surface area contributed by atoms with Crippen molar-refractivity contribution in [3.63, 3.8) is 0 Å². The van der Waals surface area contributed by atoms with Gasteiger partial charge in [-0.3, -0.25) is 4.79 Å². The molecule has 21 heavy (non-hydrogen) atoms. The lowest BCUT2D eigenvalue weighted by Crippen LogP contribution is -2.14. The third-order valence-electron chi connectivity index (χ3n) is 3.59. The monoisotopic (exact) mass is 306 g/mol. The average molecular weight is 307 g/mol. The predicted octanol–water partition coefficient (Wildman–Crippen LogP) is 3.93. The molecule has 0 aliphatic carbocycles. The predicted molar refractivity (Wildman–Crippen MR) is 86.6 cm³/mol. The molecule has 0 bridgehead atoms. The smallest absolute Gasteiger partial charge is 0.259 e. The van der Waals surface area contributed by atoms with Crippen molar-refractivity contribution in [3.8, 4) is 0 Å². The first-order valence-electron chi connectivity index (χ1n) is 6.88. The van der Waals surface area contributed by atoms with Crippen molar-refractivity contribution in [1.29, 1.82) is 0 Å². The van der Waals surface area contributed by atoms with E-state index in [9.17, 15) is 4.79 Å². The summed E-state index contributed by atoms with van der Waals surface area (Å²) < 4.78 is 5.39. The van der Waals surface area contributed by atoms with Crippen LogP contribution in [0.2, 0.25) is 0 Å². The Balaban J connectivity index is 0.00000161. The van der Waals surface area contributed by atoms with Crippen LogP contribution in [0.4, 0.5) is 11.4 Å². The van der Waals surface area contributed by atoms with Gasteiger partial charge in [0, 0.05) is 17.9 Å². The van der Waals surface area contributed by atoms with Crippen LogP contribution in [0, 0.1) is 13.8 Å². The van der Waals surface area contributed by atoms with E-state index in [1.165, 1.54) is 11.3 Å². The van der Waals surface area contributed by atoms with Gasteiger partial charge < -0.3 is 15.1 Å². The number of hydrogen-bond donors (Lipinski definition) is 2. The SMILES string of the molecule is Cc1cc(C(=O)Nc2ccc3c(c2)CCCN3)c(C)o1.Cl. The molecule has 0 atom stereocenters. The first-order chi connectivity index (χ1) is 9.63. The zero-order valence-electron chi connectivity index (χ0n) is 12.2. The van der Waals surface area contributed by atoms with Gasteiger partial charge in [-0.1, -0.05) is 0 Å². The maximum absolute atomic E-state index is 12.2. The molecule has 0 saturated heterocycles. The van der Waals surface area contributed by atoms with Crippen molar-refractivity contribution < 1.29 is 9.21 Å². The van der Waals surface area contributed by atoms with E-state index in [1.807, 2.05) is 25.1 Å². The Labute approximate surface area is 130 Å². The Kier molecular flexibility index (Phi) is 4.58. The van der Waals surface area contributed by atoms with Crippen LogP contribution in [-0.2, 0) is 6.42 Å². The number of rotatable bonds is 2. The third kappa shape index (κ3) is 3.22. The summed E-state index contributed by atoms with van der Waals surface area (Å²) in [6.45, 7) is 4.67. The normalized spacial score (nSPS) is 12.9. The molecular weight excluding hydrogens is 288 g/mol. The lowest BCUT2D eigenvalue weighted by molar-refractivity contribution is 0.102. The molecule has 1 aliphatic rings. The number of fused-ring (bicyclic) bond motifs is 1. The molecule has 0 saturated carbocycles. The maximum atomic E-state index is 12.2. The quantitative estimate of drug-likeness (QED) is 0.884. The van der Waals surface area contributed by atoms with Crippen molar-refractivity contribution in [1.82, 2.24) is 0 Å². The van der Waals surface area contributed by atoms with Crippen LogP contribution in [0.1, 0.15) is 33.9 Å². The van der Waals surface area contributed by atoms with Crippen LogP contribution in [0.5, 0.6) is 0 Å². The van der Waals surface area contributed by atoms with Crippen molar-refractivity contribution in [3.05, 3.63) is 46.9 Å². The van der Waals surface area contributed by atoms with Crippen LogP contribution in [0.25, 0.3) is 0 Å². The number of nitrogens with one attached hydrogen (secondary N) is 2. The molecule has 2 N–H and O–H groups in total. The number of furan rings is 1. The van der Waals surface area contributed by atoms with E-state index >= 15 is 0 Å². The van der Waals surface area contributed by atoms with E-state index in [2.05, 4.69) is 10.6 Å². The molecule has 0 spiro atoms. The van der Waals surface area contributed by atoms with Crippen molar-refractivity contribution in [2.75, 3.05) is 17.2 Å². The summed E-state index contributed by atoms with van der Waals surface area (Å²) in [4.78, 5) is 12.2. The molecule has 1 aromatic heterocycles. The number of amides is 1. The van der Waals surface area contributed by atoms with Crippen molar-refractivity contribution >= 4 is 29.7 Å². The molecule has 1 aromatic carbocycles. The molecule has 3 rings (SSSR count). The summed E-state index contributed by atoms with van der Waals surface area (Å²) >= 11 is 0. The van der Waals surface area contributed by atoms with E-state index in [1.54, 1.807) is 13.0 Å². The largest absolute Gasteiger partial charge is 0.466 e. The van der Waals surface area contributed by atoms with Crippen LogP contribution in [0.3, 0.4) is 0 Å². The Morgan fingerprint density at radius 3 is 2.81 bits per heavy atom. The Morgan fingerprint density at radius 1 is 1.29 bits per heavy atom. The Hall–Kier alpha value is -1.94. The topological polar surface area (TPSA) is 54.3 Å². The van der Waals surface area contributed by atoms with Gasteiger partial charge in [0.15, 0.2) is 0 Å². The molecule has 2 heterocycles. The number of hydrogen-bond acceptors (Lipinski definition) is 3. The number of carbonyl (C=O) groups is 1. The average Bonchev–Trinajstić information content (AvgIpc) is 2.78. The fraction of sp³-hybridized carbons (Fsp3) is 0.312. The summed E-state index contributed by atoms with van der Waals surface area (Å²) in [7, 11) is 0. The molecule has 0 radical (unpaired) electrons. The number of carbonyl (C=O) groups excluding carboxylic acids is 1. The first kappa shape index (κ1) is 15.4. The van der Waals surface area contributed by atoms with Gasteiger partial charge in [-0.05, 0) is 56.5 Å². The molecule has 4 nitrogen and oxygen atoms in total. The lowest BCUT2D eigenvalue weighted by atomic mass is 10.0. The zero-order valence-corrected chi connectivity index (χ0v) is 13.0. The van der Waals surface area contributed by atoms with Crippen LogP contribution >= 0.6 is 12.4 Å². The van der Waals surface area contributed by atoms with Gasteiger partial charge in [0.2, 0.25) is 0 Å². The Morgan fingerprint density at radius 2 is 2.10 bits per heavy atom. The second-order valence-electron chi connectivity index (χ2n) is 5.18. The second kappa shape index (κ2) is 6.22. The van der Waals surface area contributed by atoms with Crippen LogP contribution < -0.4 is 10.6 Å². The highest BCUT2D eigenvalue weighted by molar-refractivity contribution is 6.05. The van der Waals surface area contributed by atoms with Gasteiger partial charge in [-0.2, -0.15) is 0 Å². The molecular formula is C16H19ClN2O2. The minimum absolute atomic E-state index is 0. The summed E-state index contributed by atoms with van der Waals surface area (Å²) in [5, 5.41) is 6.30. The molecule has 1 aliphatic heterocycles. The molecule has 112 valence electrons. The van der Waals surface area contributed by atoms with Gasteiger partial charge in [-0.15, -0.1) is 12.4 Å². The summed E-state index contributed by atoms with van der Waals surface area (Å²) in [5.74, 6) is 1.28. The minimum Gasteiger partial charge on any atom is -0.466 e. The molecule has 0 unspecified atom stereocenters. The van der Waals surface area contributed by atoms with E-state index in [0.717, 1.165) is 30.8 Å². The van der Waals surface area contributed by atoms with E-state index in [-0.39, 0.29) is 18.3 Å². The summed E-state index contributed by atoms with van der Waals surface area (Å²) in [5.41, 5.74) is 3.85. The zero-order chi connectivity index (χ0) is 14.1. The highest BCUT2D eigenvalue weighted by atomic mass is 35.5. The van der Waals surface area contributed by atoms with E-state index < -0.39 is 0 Å². The number of anilines is 2. The summed E-state index contributed by atoms with van der Waals surface area (Å²) in [6.07, 6.45) is 2.18. The van der Waals surface area contributed by atoms with Gasteiger partial charge in [-0.25, -0.2) is 0 Å². The van der Waals surface area contributed by atoms with Crippen molar-refractivity contribution in [2.24, 2.45) is 0 Å². The minimum atomic E-state index is -0.122. The number of halogens is 1. The van der Waals surface area contributed by atoms with E-state index in [4.69, 9.17) is 4.42 Å².